The Balaban J connectivity index is 1.24. The van der Waals surface area contributed by atoms with E-state index in [1.807, 2.05) is 24.3 Å². The van der Waals surface area contributed by atoms with Crippen LogP contribution in [0.3, 0.4) is 0 Å². The van der Waals surface area contributed by atoms with E-state index in [1.165, 1.54) is 24.3 Å². The number of hydrogen-bond donors (Lipinski definition) is 1. The number of morpholine rings is 1. The average Bonchev–Trinajstić information content (AvgIpc) is 3.30. The largest absolute Gasteiger partial charge is 0.481 e. The fourth-order valence-electron chi connectivity index (χ4n) is 3.11. The zero-order valence-corrected chi connectivity index (χ0v) is 18.3. The van der Waals surface area contributed by atoms with Crippen molar-refractivity contribution in [3.63, 3.8) is 0 Å². The summed E-state index contributed by atoms with van der Waals surface area (Å²) in [5, 5.41) is 11.0. The van der Waals surface area contributed by atoms with Gasteiger partial charge in [-0.3, -0.25) is 4.79 Å². The van der Waals surface area contributed by atoms with E-state index in [1.54, 1.807) is 6.92 Å². The fourth-order valence-corrected chi connectivity index (χ4v) is 3.68. The Morgan fingerprint density at radius 1 is 1.16 bits per heavy atom. The third-order valence-corrected chi connectivity index (χ3v) is 5.57. The van der Waals surface area contributed by atoms with E-state index < -0.39 is 6.10 Å². The van der Waals surface area contributed by atoms with E-state index in [2.05, 4.69) is 20.4 Å². The average molecular weight is 459 g/mol. The molecule has 1 unspecified atom stereocenters. The van der Waals surface area contributed by atoms with Crippen molar-refractivity contribution in [2.24, 2.45) is 0 Å². The second kappa shape index (κ2) is 10.5. The summed E-state index contributed by atoms with van der Waals surface area (Å²) in [5.74, 6) is 0.374. The molecule has 1 saturated heterocycles. The third-order valence-electron chi connectivity index (χ3n) is 4.75. The van der Waals surface area contributed by atoms with Crippen molar-refractivity contribution in [1.82, 2.24) is 10.2 Å². The molecule has 1 aliphatic heterocycles. The van der Waals surface area contributed by atoms with Gasteiger partial charge in [-0.25, -0.2) is 4.39 Å². The second-order valence-corrected chi connectivity index (χ2v) is 8.03. The minimum atomic E-state index is -0.513. The highest BCUT2D eigenvalue weighted by atomic mass is 32.2. The Morgan fingerprint density at radius 3 is 2.59 bits per heavy atom. The normalized spacial score (nSPS) is 14.8. The summed E-state index contributed by atoms with van der Waals surface area (Å²) in [6.45, 7) is 4.93. The van der Waals surface area contributed by atoms with Crippen LogP contribution in [0.4, 0.5) is 15.8 Å². The number of thioether (sulfide) groups is 1. The van der Waals surface area contributed by atoms with Crippen LogP contribution in [0.25, 0.3) is 0 Å². The molecule has 1 fully saturated rings. The number of hydrogen-bond acceptors (Lipinski definition) is 8. The third kappa shape index (κ3) is 5.98. The van der Waals surface area contributed by atoms with Crippen molar-refractivity contribution in [2.75, 3.05) is 42.3 Å². The Labute approximate surface area is 189 Å². The van der Waals surface area contributed by atoms with Crippen LogP contribution in [-0.2, 0) is 9.53 Å². The highest BCUT2D eigenvalue weighted by Gasteiger charge is 2.17. The lowest BCUT2D eigenvalue weighted by atomic mass is 10.2. The monoisotopic (exact) mass is 458 g/mol. The van der Waals surface area contributed by atoms with E-state index in [-0.39, 0.29) is 28.6 Å². The molecule has 0 bridgehead atoms. The molecule has 32 heavy (non-hydrogen) atoms. The molecule has 4 rings (SSSR count). The number of nitrogens with one attached hydrogen (secondary N) is 1. The first kappa shape index (κ1) is 22.1. The molecule has 0 saturated carbocycles. The minimum absolute atomic E-state index is 0.125. The summed E-state index contributed by atoms with van der Waals surface area (Å²) in [4.78, 5) is 14.5. The molecular formula is C22H23FN4O4S. The Bertz CT molecular complexity index is 1020. The molecule has 3 aromatic rings. The number of carbonyl (C=O) groups excluding carboxylic acids is 1. The topological polar surface area (TPSA) is 89.7 Å². The molecule has 8 nitrogen and oxygen atoms in total. The molecule has 2 aromatic carbocycles. The first-order chi connectivity index (χ1) is 15.6. The fraction of sp³-hybridized carbons (Fsp3) is 0.318. The molecular weight excluding hydrogens is 435 g/mol. The summed E-state index contributed by atoms with van der Waals surface area (Å²) in [5.41, 5.74) is 1.83. The van der Waals surface area contributed by atoms with Gasteiger partial charge in [0.2, 0.25) is 5.91 Å². The van der Waals surface area contributed by atoms with Gasteiger partial charge in [0.15, 0.2) is 6.10 Å². The van der Waals surface area contributed by atoms with Crippen molar-refractivity contribution in [1.29, 1.82) is 0 Å². The maximum atomic E-state index is 13.0. The van der Waals surface area contributed by atoms with Crippen LogP contribution in [0.5, 0.6) is 5.75 Å². The first-order valence-electron chi connectivity index (χ1n) is 10.2. The molecule has 10 heteroatoms. The number of amides is 1. The first-order valence-corrected chi connectivity index (χ1v) is 11.2. The lowest BCUT2D eigenvalue weighted by molar-refractivity contribution is -0.113. The minimum Gasteiger partial charge on any atom is -0.481 e. The van der Waals surface area contributed by atoms with Crippen LogP contribution in [0.2, 0.25) is 0 Å². The van der Waals surface area contributed by atoms with Gasteiger partial charge in [-0.2, -0.15) is 0 Å². The second-order valence-electron chi connectivity index (χ2n) is 7.10. The van der Waals surface area contributed by atoms with Crippen LogP contribution >= 0.6 is 11.8 Å². The zero-order chi connectivity index (χ0) is 22.3. The molecule has 1 amide bonds. The molecule has 1 atom stereocenters. The number of aromatic nitrogens is 2. The van der Waals surface area contributed by atoms with Crippen LogP contribution in [0.15, 0.2) is 58.2 Å². The van der Waals surface area contributed by atoms with Gasteiger partial charge < -0.3 is 24.1 Å². The van der Waals surface area contributed by atoms with E-state index in [0.717, 1.165) is 49.4 Å². The van der Waals surface area contributed by atoms with Crippen LogP contribution < -0.4 is 15.0 Å². The standard InChI is InChI=1S/C22H23FN4O4S/c1-15(30-19-8-2-16(23)3-9-19)21-25-26-22(31-21)32-14-20(28)24-17-4-6-18(7-5-17)27-10-12-29-13-11-27/h2-9,15H,10-14H2,1H3,(H,24,28). The quantitative estimate of drug-likeness (QED) is 0.508. The van der Waals surface area contributed by atoms with Crippen molar-refractivity contribution < 1.29 is 23.1 Å². The maximum absolute atomic E-state index is 13.0. The summed E-state index contributed by atoms with van der Waals surface area (Å²) in [6.07, 6.45) is -0.513. The van der Waals surface area contributed by atoms with Gasteiger partial charge in [0.1, 0.15) is 11.6 Å². The summed E-state index contributed by atoms with van der Waals surface area (Å²) >= 11 is 1.14. The summed E-state index contributed by atoms with van der Waals surface area (Å²) in [6, 6.07) is 13.4. The van der Waals surface area contributed by atoms with Crippen molar-refractivity contribution >= 4 is 29.0 Å². The van der Waals surface area contributed by atoms with E-state index in [4.69, 9.17) is 13.9 Å². The van der Waals surface area contributed by atoms with Gasteiger partial charge in [-0.15, -0.1) is 10.2 Å². The van der Waals surface area contributed by atoms with Gasteiger partial charge in [-0.1, -0.05) is 11.8 Å². The molecule has 1 N–H and O–H groups in total. The number of benzene rings is 2. The molecule has 2 heterocycles. The van der Waals surface area contributed by atoms with Gasteiger partial charge in [0.05, 0.1) is 19.0 Å². The number of carbonyl (C=O) groups is 1. The Hall–Kier alpha value is -3.11. The molecule has 0 spiro atoms. The Morgan fingerprint density at radius 2 is 1.88 bits per heavy atom. The molecule has 0 aliphatic carbocycles. The van der Waals surface area contributed by atoms with Gasteiger partial charge in [0, 0.05) is 24.5 Å². The van der Waals surface area contributed by atoms with Crippen molar-refractivity contribution in [3.05, 3.63) is 60.2 Å². The molecule has 168 valence electrons. The maximum Gasteiger partial charge on any atom is 0.277 e. The lowest BCUT2D eigenvalue weighted by Crippen LogP contribution is -2.36. The van der Waals surface area contributed by atoms with Gasteiger partial charge in [-0.05, 0) is 55.5 Å². The molecule has 1 aliphatic rings. The highest BCUT2D eigenvalue weighted by molar-refractivity contribution is 7.99. The zero-order valence-electron chi connectivity index (χ0n) is 17.5. The number of halogens is 1. The van der Waals surface area contributed by atoms with Crippen LogP contribution in [0, 0.1) is 5.82 Å². The van der Waals surface area contributed by atoms with Crippen molar-refractivity contribution in [2.45, 2.75) is 18.3 Å². The van der Waals surface area contributed by atoms with E-state index >= 15 is 0 Å². The highest BCUT2D eigenvalue weighted by Crippen LogP contribution is 2.24. The number of rotatable bonds is 8. The number of ether oxygens (including phenoxy) is 2. The van der Waals surface area contributed by atoms with E-state index in [9.17, 15) is 9.18 Å². The predicted molar refractivity (Wildman–Crippen MR) is 119 cm³/mol. The Kier molecular flexibility index (Phi) is 7.23. The smallest absolute Gasteiger partial charge is 0.277 e. The van der Waals surface area contributed by atoms with Crippen molar-refractivity contribution in [3.8, 4) is 5.75 Å². The van der Waals surface area contributed by atoms with Crippen LogP contribution in [-0.4, -0.2) is 48.2 Å². The van der Waals surface area contributed by atoms with Gasteiger partial charge in [0.25, 0.3) is 11.1 Å². The number of anilines is 2. The van der Waals surface area contributed by atoms with E-state index in [0.29, 0.717) is 5.75 Å². The number of nitrogens with zero attached hydrogens (tertiary/aromatic N) is 3. The summed E-state index contributed by atoms with van der Waals surface area (Å²) in [7, 11) is 0. The molecule has 0 radical (unpaired) electrons. The summed E-state index contributed by atoms with van der Waals surface area (Å²) < 4.78 is 29.6. The van der Waals surface area contributed by atoms with Gasteiger partial charge >= 0.3 is 0 Å². The predicted octanol–water partition coefficient (Wildman–Crippen LogP) is 3.92. The molecule has 1 aromatic heterocycles. The van der Waals surface area contributed by atoms with Crippen LogP contribution in [0.1, 0.15) is 18.9 Å². The SMILES string of the molecule is CC(Oc1ccc(F)cc1)c1nnc(SCC(=O)Nc2ccc(N3CCOCC3)cc2)o1. The lowest BCUT2D eigenvalue weighted by Gasteiger charge is -2.28.